The van der Waals surface area contributed by atoms with E-state index < -0.39 is 23.0 Å². The van der Waals surface area contributed by atoms with Crippen LogP contribution in [0.15, 0.2) is 46.1 Å². The summed E-state index contributed by atoms with van der Waals surface area (Å²) in [6.07, 6.45) is -1.02. The van der Waals surface area contributed by atoms with E-state index in [2.05, 4.69) is 9.88 Å². The van der Waals surface area contributed by atoms with Gasteiger partial charge in [-0.05, 0) is 43.0 Å². The maximum atomic E-state index is 12.7. The highest BCUT2D eigenvalue weighted by Crippen LogP contribution is 2.59. The number of aryl methyl sites for hydroxylation is 1. The van der Waals surface area contributed by atoms with Gasteiger partial charge in [0.1, 0.15) is 0 Å². The molecule has 1 saturated carbocycles. The van der Waals surface area contributed by atoms with E-state index in [4.69, 9.17) is 0 Å². The van der Waals surface area contributed by atoms with Crippen LogP contribution < -0.4 is 11.2 Å². The van der Waals surface area contributed by atoms with E-state index >= 15 is 0 Å². The van der Waals surface area contributed by atoms with Crippen LogP contribution in [-0.2, 0) is 18.1 Å². The molecule has 1 aliphatic heterocycles. The molecule has 1 saturated heterocycles. The molecule has 2 atom stereocenters. The second-order valence-corrected chi connectivity index (χ2v) is 7.52. The molecule has 0 bridgehead atoms. The van der Waals surface area contributed by atoms with Crippen LogP contribution >= 0.6 is 0 Å². The van der Waals surface area contributed by atoms with Crippen molar-refractivity contribution >= 4 is 0 Å². The molecule has 2 heterocycles. The number of nitrogens with one attached hydrogen (secondary N) is 1. The SMILES string of the molecule is O=c1ccn(CCCN2C[C@@H]3C[C@]3(c3ccc(C(F)(F)F)cc3)C2)c(=O)[nH]1. The van der Waals surface area contributed by atoms with E-state index in [1.165, 1.54) is 29.0 Å². The highest BCUT2D eigenvalue weighted by molar-refractivity contribution is 5.39. The summed E-state index contributed by atoms with van der Waals surface area (Å²) in [4.78, 5) is 27.3. The molecule has 0 amide bonds. The lowest BCUT2D eigenvalue weighted by molar-refractivity contribution is -0.137. The molecule has 1 aliphatic carbocycles. The number of likely N-dealkylation sites (tertiary alicyclic amines) is 1. The molecule has 2 fully saturated rings. The van der Waals surface area contributed by atoms with Gasteiger partial charge >= 0.3 is 11.9 Å². The van der Waals surface area contributed by atoms with E-state index in [0.29, 0.717) is 12.5 Å². The molecule has 27 heavy (non-hydrogen) atoms. The van der Waals surface area contributed by atoms with E-state index in [1.54, 1.807) is 12.1 Å². The Bertz CT molecular complexity index is 948. The first-order valence-corrected chi connectivity index (χ1v) is 8.98. The average Bonchev–Trinajstić information content (AvgIpc) is 3.18. The summed E-state index contributed by atoms with van der Waals surface area (Å²) < 4.78 is 39.7. The number of benzene rings is 1. The van der Waals surface area contributed by atoms with Crippen LogP contribution in [0.3, 0.4) is 0 Å². The minimum Gasteiger partial charge on any atom is -0.302 e. The minimum absolute atomic E-state index is 0.0149. The summed E-state index contributed by atoms with van der Waals surface area (Å²) in [6.45, 7) is 3.10. The number of rotatable bonds is 5. The third-order valence-corrected chi connectivity index (χ3v) is 5.77. The number of H-pyrrole nitrogens is 1. The number of hydrogen-bond donors (Lipinski definition) is 1. The van der Waals surface area contributed by atoms with Crippen molar-refractivity contribution in [3.05, 3.63) is 68.5 Å². The van der Waals surface area contributed by atoms with Crippen molar-refractivity contribution in [1.29, 1.82) is 0 Å². The van der Waals surface area contributed by atoms with Crippen molar-refractivity contribution in [3.63, 3.8) is 0 Å². The van der Waals surface area contributed by atoms with Crippen LogP contribution in [0.1, 0.15) is 24.0 Å². The fourth-order valence-corrected chi connectivity index (χ4v) is 4.28. The van der Waals surface area contributed by atoms with Crippen LogP contribution in [0, 0.1) is 5.92 Å². The Kier molecular flexibility index (Phi) is 4.25. The van der Waals surface area contributed by atoms with Crippen molar-refractivity contribution in [2.45, 2.75) is 31.0 Å². The van der Waals surface area contributed by atoms with E-state index in [9.17, 15) is 22.8 Å². The first-order valence-electron chi connectivity index (χ1n) is 8.98. The third kappa shape index (κ3) is 3.45. The van der Waals surface area contributed by atoms with Crippen molar-refractivity contribution < 1.29 is 13.2 Å². The highest BCUT2D eigenvalue weighted by Gasteiger charge is 2.60. The fraction of sp³-hybridized carbons (Fsp3) is 0.474. The van der Waals surface area contributed by atoms with Gasteiger partial charge in [0.2, 0.25) is 0 Å². The zero-order chi connectivity index (χ0) is 19.2. The van der Waals surface area contributed by atoms with Gasteiger partial charge in [-0.15, -0.1) is 0 Å². The maximum Gasteiger partial charge on any atom is 0.416 e. The second-order valence-electron chi connectivity index (χ2n) is 7.52. The lowest BCUT2D eigenvalue weighted by Gasteiger charge is -2.21. The number of halogens is 3. The zero-order valence-corrected chi connectivity index (χ0v) is 14.6. The van der Waals surface area contributed by atoms with Gasteiger partial charge in [0, 0.05) is 37.3 Å². The molecule has 1 aromatic heterocycles. The first kappa shape index (κ1) is 18.0. The van der Waals surface area contributed by atoms with Gasteiger partial charge < -0.3 is 9.47 Å². The number of fused-ring (bicyclic) bond motifs is 1. The standard InChI is InChI=1S/C19H20F3N3O2/c20-19(21,22)14-4-2-13(3-5-14)18-10-15(18)11-24(12-18)7-1-8-25-9-6-16(26)23-17(25)27/h2-6,9,15H,1,7-8,10-12H2,(H,23,26,27)/t15-,18+/m0/s1. The smallest absolute Gasteiger partial charge is 0.302 e. The second kappa shape index (κ2) is 6.37. The van der Waals surface area contributed by atoms with Crippen molar-refractivity contribution in [3.8, 4) is 0 Å². The molecule has 4 rings (SSSR count). The monoisotopic (exact) mass is 379 g/mol. The molecule has 144 valence electrons. The Labute approximate surface area is 153 Å². The predicted molar refractivity (Wildman–Crippen MR) is 93.6 cm³/mol. The molecule has 2 aliphatic rings. The van der Waals surface area contributed by atoms with Gasteiger partial charge in [-0.1, -0.05) is 12.1 Å². The maximum absolute atomic E-state index is 12.7. The van der Waals surface area contributed by atoms with Gasteiger partial charge in [0.05, 0.1) is 5.56 Å². The number of alkyl halides is 3. The molecule has 1 N–H and O–H groups in total. The Morgan fingerprint density at radius 1 is 1.11 bits per heavy atom. The first-order chi connectivity index (χ1) is 12.8. The third-order valence-electron chi connectivity index (χ3n) is 5.77. The molecule has 0 spiro atoms. The van der Waals surface area contributed by atoms with Crippen molar-refractivity contribution in [1.82, 2.24) is 14.5 Å². The molecule has 5 nitrogen and oxygen atoms in total. The summed E-state index contributed by atoms with van der Waals surface area (Å²) in [6, 6.07) is 6.90. The summed E-state index contributed by atoms with van der Waals surface area (Å²) >= 11 is 0. The Morgan fingerprint density at radius 3 is 2.52 bits per heavy atom. The number of piperidine rings is 1. The largest absolute Gasteiger partial charge is 0.416 e. The summed E-state index contributed by atoms with van der Waals surface area (Å²) in [7, 11) is 0. The van der Waals surface area contributed by atoms with E-state index in [-0.39, 0.29) is 5.41 Å². The highest BCUT2D eigenvalue weighted by atomic mass is 19.4. The van der Waals surface area contributed by atoms with Gasteiger partial charge in [-0.3, -0.25) is 9.78 Å². The van der Waals surface area contributed by atoms with E-state index in [1.807, 2.05) is 0 Å². The van der Waals surface area contributed by atoms with Crippen molar-refractivity contribution in [2.24, 2.45) is 5.92 Å². The van der Waals surface area contributed by atoms with Crippen molar-refractivity contribution in [2.75, 3.05) is 19.6 Å². The molecule has 0 unspecified atom stereocenters. The van der Waals surface area contributed by atoms with Gasteiger partial charge in [0.25, 0.3) is 5.56 Å². The molecular formula is C19H20F3N3O2. The van der Waals surface area contributed by atoms with Crippen LogP contribution in [0.4, 0.5) is 13.2 Å². The Hall–Kier alpha value is -2.35. The normalized spacial score (nSPS) is 24.8. The Morgan fingerprint density at radius 2 is 1.85 bits per heavy atom. The van der Waals surface area contributed by atoms with Gasteiger partial charge in [-0.2, -0.15) is 13.2 Å². The summed E-state index contributed by atoms with van der Waals surface area (Å²) in [5, 5.41) is 0. The minimum atomic E-state index is -4.30. The fourth-order valence-electron chi connectivity index (χ4n) is 4.28. The number of hydrogen-bond acceptors (Lipinski definition) is 3. The lowest BCUT2D eigenvalue weighted by atomic mass is 9.94. The van der Waals surface area contributed by atoms with Gasteiger partial charge in [0.15, 0.2) is 0 Å². The number of aromatic amines is 1. The number of aromatic nitrogens is 2. The quantitative estimate of drug-likeness (QED) is 0.867. The molecular weight excluding hydrogens is 359 g/mol. The average molecular weight is 379 g/mol. The summed E-state index contributed by atoms with van der Waals surface area (Å²) in [5.41, 5.74) is -0.456. The zero-order valence-electron chi connectivity index (χ0n) is 14.6. The summed E-state index contributed by atoms with van der Waals surface area (Å²) in [5.74, 6) is 0.491. The van der Waals surface area contributed by atoms with Crippen LogP contribution in [0.2, 0.25) is 0 Å². The molecule has 8 heteroatoms. The van der Waals surface area contributed by atoms with Crippen LogP contribution in [0.25, 0.3) is 0 Å². The number of nitrogens with zero attached hydrogens (tertiary/aromatic N) is 2. The van der Waals surface area contributed by atoms with E-state index in [0.717, 1.165) is 38.0 Å². The molecule has 2 aromatic rings. The predicted octanol–water partition coefficient (Wildman–Crippen LogP) is 2.22. The van der Waals surface area contributed by atoms with Crippen LogP contribution in [0.5, 0.6) is 0 Å². The van der Waals surface area contributed by atoms with Gasteiger partial charge in [-0.25, -0.2) is 4.79 Å². The molecule has 1 aromatic carbocycles. The topological polar surface area (TPSA) is 58.1 Å². The van der Waals surface area contributed by atoms with Crippen LogP contribution in [-0.4, -0.2) is 34.1 Å². The molecule has 0 radical (unpaired) electrons. The lowest BCUT2D eigenvalue weighted by Crippen LogP contribution is -2.31. The Balaban J connectivity index is 1.35.